The molecule has 0 aliphatic rings. The normalized spacial score (nSPS) is 11.3. The van der Waals surface area contributed by atoms with Crippen LogP contribution in [-0.4, -0.2) is 43.9 Å². The summed E-state index contributed by atoms with van der Waals surface area (Å²) in [4.78, 5) is 36.1. The van der Waals surface area contributed by atoms with Gasteiger partial charge in [0.1, 0.15) is 5.25 Å². The number of nitrogens with two attached hydrogens (primary N) is 1. The minimum atomic E-state index is -0.632. The predicted molar refractivity (Wildman–Crippen MR) is 109 cm³/mol. The van der Waals surface area contributed by atoms with Crippen LogP contribution in [0.3, 0.4) is 0 Å². The summed E-state index contributed by atoms with van der Waals surface area (Å²) in [7, 11) is 2.78. The average molecular weight is 418 g/mol. The number of nitrogens with one attached hydrogen (secondary N) is 1. The van der Waals surface area contributed by atoms with Crippen LogP contribution in [0.5, 0.6) is 11.5 Å². The standard InChI is InChI=1S/C20H22N2O6S/c1-12(20(25)27-3)29-17-7-5-4-6-14(17)19(24)22-13-8-9-15(26-2)16(10-13)28-11-18(21)23/h4-10,12H,11H2,1-3H3,(H2,21,23)(H,22,24). The Balaban J connectivity index is 2.21. The summed E-state index contributed by atoms with van der Waals surface area (Å²) in [5, 5.41) is 2.31. The summed E-state index contributed by atoms with van der Waals surface area (Å²) >= 11 is 1.23. The number of carbonyl (C=O) groups is 3. The number of methoxy groups -OCH3 is 2. The fourth-order valence-electron chi connectivity index (χ4n) is 2.38. The molecule has 1 atom stereocenters. The molecule has 3 N–H and O–H groups in total. The van der Waals surface area contributed by atoms with Gasteiger partial charge in [0, 0.05) is 16.6 Å². The Hall–Kier alpha value is -3.20. The topological polar surface area (TPSA) is 117 Å². The molecule has 1 unspecified atom stereocenters. The Morgan fingerprint density at radius 3 is 2.48 bits per heavy atom. The van der Waals surface area contributed by atoms with E-state index in [0.29, 0.717) is 21.9 Å². The summed E-state index contributed by atoms with van der Waals surface area (Å²) in [5.41, 5.74) is 5.95. The van der Waals surface area contributed by atoms with E-state index < -0.39 is 11.2 Å². The SMILES string of the molecule is COC(=O)C(C)Sc1ccccc1C(=O)Nc1ccc(OC)c(OCC(N)=O)c1. The Bertz CT molecular complexity index is 902. The van der Waals surface area contributed by atoms with Crippen molar-refractivity contribution in [3.8, 4) is 11.5 Å². The monoisotopic (exact) mass is 418 g/mol. The van der Waals surface area contributed by atoms with Crippen LogP contribution in [0, 0.1) is 0 Å². The van der Waals surface area contributed by atoms with Gasteiger partial charge >= 0.3 is 5.97 Å². The molecule has 0 heterocycles. The first kappa shape index (κ1) is 22.1. The first-order valence-corrected chi connectivity index (χ1v) is 9.47. The van der Waals surface area contributed by atoms with Crippen molar-refractivity contribution in [3.63, 3.8) is 0 Å². The minimum Gasteiger partial charge on any atom is -0.493 e. The minimum absolute atomic E-state index is 0.270. The molecule has 0 aromatic heterocycles. The highest BCUT2D eigenvalue weighted by atomic mass is 32.2. The van der Waals surface area contributed by atoms with Gasteiger partial charge < -0.3 is 25.3 Å². The van der Waals surface area contributed by atoms with Crippen molar-refractivity contribution in [2.24, 2.45) is 5.73 Å². The predicted octanol–water partition coefficient (Wildman–Crippen LogP) is 2.47. The third-order valence-electron chi connectivity index (χ3n) is 3.76. The molecule has 0 aliphatic carbocycles. The zero-order chi connectivity index (χ0) is 21.4. The summed E-state index contributed by atoms with van der Waals surface area (Å²) in [5.74, 6) is -0.710. The molecule has 2 aromatic rings. The number of carbonyl (C=O) groups excluding carboxylic acids is 3. The van der Waals surface area contributed by atoms with Gasteiger partial charge in [0.15, 0.2) is 18.1 Å². The van der Waals surface area contributed by atoms with Crippen LogP contribution in [0.2, 0.25) is 0 Å². The molecule has 0 saturated carbocycles. The van der Waals surface area contributed by atoms with Gasteiger partial charge in [0.25, 0.3) is 11.8 Å². The molecule has 0 radical (unpaired) electrons. The van der Waals surface area contributed by atoms with E-state index in [9.17, 15) is 14.4 Å². The average Bonchev–Trinajstić information content (AvgIpc) is 2.71. The fraction of sp³-hybridized carbons (Fsp3) is 0.250. The summed E-state index contributed by atoms with van der Waals surface area (Å²) in [6, 6.07) is 11.7. The molecule has 2 rings (SSSR count). The lowest BCUT2D eigenvalue weighted by Gasteiger charge is -2.14. The number of thioether (sulfide) groups is 1. The number of primary amides is 1. The Kier molecular flexibility index (Phi) is 7.90. The summed E-state index contributed by atoms with van der Waals surface area (Å²) < 4.78 is 15.2. The van der Waals surface area contributed by atoms with E-state index in [1.165, 1.54) is 32.0 Å². The molecule has 8 nitrogen and oxygen atoms in total. The number of rotatable bonds is 9. The van der Waals surface area contributed by atoms with E-state index in [4.69, 9.17) is 19.9 Å². The van der Waals surface area contributed by atoms with Crippen molar-refractivity contribution < 1.29 is 28.6 Å². The highest BCUT2D eigenvalue weighted by molar-refractivity contribution is 8.00. The Morgan fingerprint density at radius 1 is 1.10 bits per heavy atom. The van der Waals surface area contributed by atoms with Crippen LogP contribution in [0.1, 0.15) is 17.3 Å². The number of anilines is 1. The van der Waals surface area contributed by atoms with Gasteiger partial charge in [-0.15, -0.1) is 11.8 Å². The van der Waals surface area contributed by atoms with Crippen molar-refractivity contribution in [1.82, 2.24) is 0 Å². The van der Waals surface area contributed by atoms with Crippen molar-refractivity contribution in [2.45, 2.75) is 17.1 Å². The number of ether oxygens (including phenoxy) is 3. The largest absolute Gasteiger partial charge is 0.493 e. The Morgan fingerprint density at radius 2 is 1.83 bits per heavy atom. The van der Waals surface area contributed by atoms with Crippen LogP contribution < -0.4 is 20.5 Å². The zero-order valence-corrected chi connectivity index (χ0v) is 17.1. The van der Waals surface area contributed by atoms with E-state index in [-0.39, 0.29) is 24.2 Å². The second kappa shape index (κ2) is 10.4. The smallest absolute Gasteiger partial charge is 0.318 e. The molecule has 0 fully saturated rings. The molecule has 154 valence electrons. The van der Waals surface area contributed by atoms with Crippen molar-refractivity contribution in [3.05, 3.63) is 48.0 Å². The summed E-state index contributed by atoms with van der Waals surface area (Å²) in [6.45, 7) is 1.38. The zero-order valence-electron chi connectivity index (χ0n) is 16.3. The maximum Gasteiger partial charge on any atom is 0.318 e. The lowest BCUT2D eigenvalue weighted by molar-refractivity contribution is -0.139. The van der Waals surface area contributed by atoms with Gasteiger partial charge in [-0.25, -0.2) is 0 Å². The molecule has 0 aliphatic heterocycles. The third kappa shape index (κ3) is 6.15. The number of hydrogen-bond acceptors (Lipinski definition) is 7. The molecule has 29 heavy (non-hydrogen) atoms. The van der Waals surface area contributed by atoms with E-state index in [0.717, 1.165) is 0 Å². The first-order valence-electron chi connectivity index (χ1n) is 8.59. The lowest BCUT2D eigenvalue weighted by atomic mass is 10.2. The van der Waals surface area contributed by atoms with Crippen LogP contribution >= 0.6 is 11.8 Å². The van der Waals surface area contributed by atoms with Crippen LogP contribution in [-0.2, 0) is 14.3 Å². The highest BCUT2D eigenvalue weighted by Crippen LogP contribution is 2.31. The first-order chi connectivity index (χ1) is 13.8. The maximum atomic E-state index is 12.8. The molecule has 0 saturated heterocycles. The maximum absolute atomic E-state index is 12.8. The van der Waals surface area contributed by atoms with Crippen molar-refractivity contribution in [2.75, 3.05) is 26.1 Å². The number of benzene rings is 2. The van der Waals surface area contributed by atoms with Crippen LogP contribution in [0.4, 0.5) is 5.69 Å². The van der Waals surface area contributed by atoms with Gasteiger partial charge in [0.2, 0.25) is 0 Å². The van der Waals surface area contributed by atoms with Gasteiger partial charge in [0.05, 0.1) is 19.8 Å². The molecular weight excluding hydrogens is 396 g/mol. The summed E-state index contributed by atoms with van der Waals surface area (Å²) in [6.07, 6.45) is 0. The van der Waals surface area contributed by atoms with E-state index >= 15 is 0 Å². The third-order valence-corrected chi connectivity index (χ3v) is 4.92. The van der Waals surface area contributed by atoms with Gasteiger partial charge in [-0.3, -0.25) is 14.4 Å². The van der Waals surface area contributed by atoms with Gasteiger partial charge in [-0.05, 0) is 31.2 Å². The quantitative estimate of drug-likeness (QED) is 0.474. The molecule has 2 amide bonds. The van der Waals surface area contributed by atoms with E-state index in [2.05, 4.69) is 5.32 Å². The second-order valence-electron chi connectivity index (χ2n) is 5.85. The second-order valence-corrected chi connectivity index (χ2v) is 7.24. The molecule has 9 heteroatoms. The van der Waals surface area contributed by atoms with Crippen molar-refractivity contribution in [1.29, 1.82) is 0 Å². The number of amides is 2. The van der Waals surface area contributed by atoms with E-state index in [1.54, 1.807) is 43.3 Å². The lowest BCUT2D eigenvalue weighted by Crippen LogP contribution is -2.20. The molecule has 0 spiro atoms. The molecular formula is C20H22N2O6S. The van der Waals surface area contributed by atoms with E-state index in [1.807, 2.05) is 0 Å². The van der Waals surface area contributed by atoms with Crippen LogP contribution in [0.15, 0.2) is 47.4 Å². The van der Waals surface area contributed by atoms with Gasteiger partial charge in [-0.1, -0.05) is 12.1 Å². The highest BCUT2D eigenvalue weighted by Gasteiger charge is 2.19. The van der Waals surface area contributed by atoms with Crippen molar-refractivity contribution >= 4 is 35.2 Å². The Labute approximate surface area is 172 Å². The number of esters is 1. The van der Waals surface area contributed by atoms with Crippen LogP contribution in [0.25, 0.3) is 0 Å². The molecule has 2 aromatic carbocycles. The fourth-order valence-corrected chi connectivity index (χ4v) is 3.39. The van der Waals surface area contributed by atoms with Gasteiger partial charge in [-0.2, -0.15) is 0 Å². The number of hydrogen-bond donors (Lipinski definition) is 2. The molecule has 0 bridgehead atoms.